The van der Waals surface area contributed by atoms with Crippen molar-refractivity contribution in [2.45, 2.75) is 25.8 Å². The van der Waals surface area contributed by atoms with E-state index in [0.717, 1.165) is 29.4 Å². The molecule has 16 heavy (non-hydrogen) atoms. The maximum Gasteiger partial charge on any atom is 0.124 e. The summed E-state index contributed by atoms with van der Waals surface area (Å²) in [6.45, 7) is 6.63. The molecule has 0 radical (unpaired) electrons. The summed E-state index contributed by atoms with van der Waals surface area (Å²) in [6.07, 6.45) is 3.75. The van der Waals surface area contributed by atoms with E-state index in [1.54, 1.807) is 6.07 Å². The molecule has 1 N–H and O–H groups in total. The summed E-state index contributed by atoms with van der Waals surface area (Å²) in [5.74, 6) is -0.203. The van der Waals surface area contributed by atoms with Gasteiger partial charge < -0.3 is 5.32 Å². The van der Waals surface area contributed by atoms with Crippen LogP contribution in [0.4, 0.5) is 4.39 Å². The molecule has 0 aliphatic rings. The van der Waals surface area contributed by atoms with Gasteiger partial charge in [0.25, 0.3) is 0 Å². The fourth-order valence-electron chi connectivity index (χ4n) is 1.69. The van der Waals surface area contributed by atoms with Crippen LogP contribution in [0.5, 0.6) is 0 Å². The second kappa shape index (κ2) is 6.81. The lowest BCUT2D eigenvalue weighted by Crippen LogP contribution is -2.20. The molecular weight excluding hydrogens is 269 g/mol. The van der Waals surface area contributed by atoms with Crippen molar-refractivity contribution in [1.29, 1.82) is 0 Å². The summed E-state index contributed by atoms with van der Waals surface area (Å²) < 4.78 is 14.1. The third-order valence-corrected chi connectivity index (χ3v) is 2.86. The quantitative estimate of drug-likeness (QED) is 0.773. The van der Waals surface area contributed by atoms with E-state index in [-0.39, 0.29) is 11.9 Å². The molecule has 0 amide bonds. The maximum absolute atomic E-state index is 13.3. The minimum absolute atomic E-state index is 0.190. The SMILES string of the molecule is C=CCCC(NCC)c1cc(F)cc(Br)c1. The predicted molar refractivity (Wildman–Crippen MR) is 69.9 cm³/mol. The highest BCUT2D eigenvalue weighted by Crippen LogP contribution is 2.23. The van der Waals surface area contributed by atoms with Crippen LogP contribution in [0, 0.1) is 5.82 Å². The second-order valence-corrected chi connectivity index (χ2v) is 4.59. The lowest BCUT2D eigenvalue weighted by Gasteiger charge is -2.18. The molecular formula is C13H17BrFN. The smallest absolute Gasteiger partial charge is 0.124 e. The van der Waals surface area contributed by atoms with Crippen LogP contribution in [0.1, 0.15) is 31.4 Å². The van der Waals surface area contributed by atoms with Crippen LogP contribution in [-0.4, -0.2) is 6.54 Å². The summed E-state index contributed by atoms with van der Waals surface area (Å²) in [4.78, 5) is 0. The number of nitrogens with one attached hydrogen (secondary N) is 1. The standard InChI is InChI=1S/C13H17BrFN/c1-3-5-6-13(16-4-2)10-7-11(14)9-12(15)8-10/h3,7-9,13,16H,1,4-6H2,2H3. The van der Waals surface area contributed by atoms with Gasteiger partial charge in [-0.3, -0.25) is 0 Å². The first-order chi connectivity index (χ1) is 7.67. The van der Waals surface area contributed by atoms with E-state index in [2.05, 4.69) is 34.7 Å². The summed E-state index contributed by atoms with van der Waals surface area (Å²) in [7, 11) is 0. The number of halogens is 2. The van der Waals surface area contributed by atoms with Crippen LogP contribution >= 0.6 is 15.9 Å². The zero-order chi connectivity index (χ0) is 12.0. The topological polar surface area (TPSA) is 12.0 Å². The van der Waals surface area contributed by atoms with Gasteiger partial charge in [-0.15, -0.1) is 6.58 Å². The molecule has 0 aliphatic heterocycles. The first-order valence-corrected chi connectivity index (χ1v) is 6.27. The Bertz CT molecular complexity index is 332. The van der Waals surface area contributed by atoms with E-state index in [1.807, 2.05) is 12.1 Å². The molecule has 0 spiro atoms. The van der Waals surface area contributed by atoms with Gasteiger partial charge in [0.15, 0.2) is 0 Å². The normalized spacial score (nSPS) is 12.4. The van der Waals surface area contributed by atoms with Gasteiger partial charge >= 0.3 is 0 Å². The van der Waals surface area contributed by atoms with E-state index in [1.165, 1.54) is 6.07 Å². The van der Waals surface area contributed by atoms with Crippen molar-refractivity contribution in [3.63, 3.8) is 0 Å². The number of benzene rings is 1. The maximum atomic E-state index is 13.3. The zero-order valence-electron chi connectivity index (χ0n) is 9.47. The summed E-state index contributed by atoms with van der Waals surface area (Å²) in [5.41, 5.74) is 0.982. The molecule has 88 valence electrons. The Labute approximate surface area is 105 Å². The summed E-state index contributed by atoms with van der Waals surface area (Å²) >= 11 is 3.31. The molecule has 0 aromatic heterocycles. The Kier molecular flexibility index (Phi) is 5.71. The Balaban J connectivity index is 2.85. The average molecular weight is 286 g/mol. The largest absolute Gasteiger partial charge is 0.310 e. The second-order valence-electron chi connectivity index (χ2n) is 3.68. The highest BCUT2D eigenvalue weighted by Gasteiger charge is 2.11. The molecule has 1 nitrogen and oxygen atoms in total. The molecule has 1 atom stereocenters. The minimum Gasteiger partial charge on any atom is -0.310 e. The van der Waals surface area contributed by atoms with Crippen molar-refractivity contribution in [2.24, 2.45) is 0 Å². The molecule has 1 unspecified atom stereocenters. The van der Waals surface area contributed by atoms with Gasteiger partial charge in [0.1, 0.15) is 5.82 Å². The third kappa shape index (κ3) is 4.06. The van der Waals surface area contributed by atoms with Crippen molar-refractivity contribution in [1.82, 2.24) is 5.32 Å². The van der Waals surface area contributed by atoms with Gasteiger partial charge in [-0.1, -0.05) is 28.9 Å². The van der Waals surface area contributed by atoms with Crippen molar-refractivity contribution >= 4 is 15.9 Å². The number of rotatable bonds is 6. The predicted octanol–water partition coefficient (Wildman–Crippen LogP) is 4.21. The van der Waals surface area contributed by atoms with E-state index in [9.17, 15) is 4.39 Å². The van der Waals surface area contributed by atoms with Gasteiger partial charge in [0.2, 0.25) is 0 Å². The fourth-order valence-corrected chi connectivity index (χ4v) is 2.18. The summed E-state index contributed by atoms with van der Waals surface area (Å²) in [6, 6.07) is 5.20. The Morgan fingerprint density at radius 1 is 1.50 bits per heavy atom. The summed E-state index contributed by atoms with van der Waals surface area (Å²) in [5, 5.41) is 3.35. The molecule has 0 saturated heterocycles. The van der Waals surface area contributed by atoms with Crippen molar-refractivity contribution < 1.29 is 4.39 Å². The van der Waals surface area contributed by atoms with Gasteiger partial charge in [-0.25, -0.2) is 4.39 Å². The van der Waals surface area contributed by atoms with Crippen molar-refractivity contribution in [2.75, 3.05) is 6.54 Å². The molecule has 0 heterocycles. The third-order valence-electron chi connectivity index (χ3n) is 2.40. The van der Waals surface area contributed by atoms with Crippen molar-refractivity contribution in [3.8, 4) is 0 Å². The Morgan fingerprint density at radius 3 is 2.81 bits per heavy atom. The average Bonchev–Trinajstić information content (AvgIpc) is 2.22. The Hall–Kier alpha value is -0.670. The highest BCUT2D eigenvalue weighted by molar-refractivity contribution is 9.10. The molecule has 1 aromatic carbocycles. The van der Waals surface area contributed by atoms with E-state index >= 15 is 0 Å². The monoisotopic (exact) mass is 285 g/mol. The van der Waals surface area contributed by atoms with Gasteiger partial charge in [-0.2, -0.15) is 0 Å². The molecule has 1 rings (SSSR count). The molecule has 0 bridgehead atoms. The van der Waals surface area contributed by atoms with Crippen LogP contribution < -0.4 is 5.32 Å². The zero-order valence-corrected chi connectivity index (χ0v) is 11.1. The van der Waals surface area contributed by atoms with E-state index < -0.39 is 0 Å². The minimum atomic E-state index is -0.203. The first kappa shape index (κ1) is 13.4. The number of hydrogen-bond acceptors (Lipinski definition) is 1. The van der Waals surface area contributed by atoms with Gasteiger partial charge in [0, 0.05) is 10.5 Å². The Morgan fingerprint density at radius 2 is 2.25 bits per heavy atom. The van der Waals surface area contributed by atoms with Crippen molar-refractivity contribution in [3.05, 3.63) is 46.7 Å². The van der Waals surface area contributed by atoms with Gasteiger partial charge in [0.05, 0.1) is 0 Å². The molecule has 0 saturated carbocycles. The molecule has 1 aromatic rings. The van der Waals surface area contributed by atoms with Crippen LogP contribution in [0.15, 0.2) is 35.3 Å². The first-order valence-electron chi connectivity index (χ1n) is 5.47. The van der Waals surface area contributed by atoms with Crippen LogP contribution in [0.25, 0.3) is 0 Å². The van der Waals surface area contributed by atoms with Gasteiger partial charge in [-0.05, 0) is 43.1 Å². The number of hydrogen-bond donors (Lipinski definition) is 1. The molecule has 0 fully saturated rings. The lowest BCUT2D eigenvalue weighted by atomic mass is 10.0. The number of allylic oxidation sites excluding steroid dienone is 1. The van der Waals surface area contributed by atoms with Crippen LogP contribution in [-0.2, 0) is 0 Å². The fraction of sp³-hybridized carbons (Fsp3) is 0.385. The van der Waals surface area contributed by atoms with Crippen LogP contribution in [0.3, 0.4) is 0 Å². The lowest BCUT2D eigenvalue weighted by molar-refractivity contribution is 0.514. The molecule has 3 heteroatoms. The molecule has 0 aliphatic carbocycles. The van der Waals surface area contributed by atoms with E-state index in [0.29, 0.717) is 0 Å². The van der Waals surface area contributed by atoms with E-state index in [4.69, 9.17) is 0 Å². The highest BCUT2D eigenvalue weighted by atomic mass is 79.9. The van der Waals surface area contributed by atoms with Crippen LogP contribution in [0.2, 0.25) is 0 Å².